The van der Waals surface area contributed by atoms with Crippen molar-refractivity contribution in [1.82, 2.24) is 19.9 Å². The average Bonchev–Trinajstić information content (AvgIpc) is 2.86. The zero-order valence-corrected chi connectivity index (χ0v) is 11.0. The van der Waals surface area contributed by atoms with Gasteiger partial charge in [0.05, 0.1) is 18.1 Å². The second-order valence-corrected chi connectivity index (χ2v) is 4.64. The number of hydrogen-bond acceptors (Lipinski definition) is 3. The van der Waals surface area contributed by atoms with Gasteiger partial charge in [0, 0.05) is 36.6 Å². The van der Waals surface area contributed by atoms with Crippen molar-refractivity contribution in [3.63, 3.8) is 0 Å². The number of nitrogens with zero attached hydrogens (tertiary/aromatic N) is 3. The lowest BCUT2D eigenvalue weighted by atomic mass is 10.00. The molecule has 0 spiro atoms. The molecule has 0 aliphatic heterocycles. The molecule has 1 aromatic carbocycles. The first kappa shape index (κ1) is 11.9. The van der Waals surface area contributed by atoms with Crippen LogP contribution in [0, 0.1) is 0 Å². The minimum Gasteiger partial charge on any atom is -0.340 e. The van der Waals surface area contributed by atoms with Gasteiger partial charge in [0.1, 0.15) is 0 Å². The summed E-state index contributed by atoms with van der Waals surface area (Å²) < 4.78 is 1.96. The van der Waals surface area contributed by atoms with Crippen molar-refractivity contribution in [3.05, 3.63) is 60.4 Å². The van der Waals surface area contributed by atoms with E-state index in [4.69, 9.17) is 0 Å². The van der Waals surface area contributed by atoms with Crippen LogP contribution in [-0.4, -0.2) is 21.6 Å². The number of imidazole rings is 1. The van der Waals surface area contributed by atoms with Crippen LogP contribution in [0.5, 0.6) is 0 Å². The summed E-state index contributed by atoms with van der Waals surface area (Å²) in [4.78, 5) is 8.78. The number of rotatable bonds is 3. The van der Waals surface area contributed by atoms with Crippen molar-refractivity contribution in [2.75, 3.05) is 7.05 Å². The van der Waals surface area contributed by atoms with Crippen LogP contribution >= 0.6 is 0 Å². The Morgan fingerprint density at radius 3 is 2.79 bits per heavy atom. The van der Waals surface area contributed by atoms with Gasteiger partial charge in [0.15, 0.2) is 0 Å². The number of hydrogen-bond donors (Lipinski definition) is 1. The van der Waals surface area contributed by atoms with Crippen LogP contribution in [0.3, 0.4) is 0 Å². The molecular weight excluding hydrogens is 236 g/mol. The highest BCUT2D eigenvalue weighted by molar-refractivity contribution is 5.85. The number of aromatic nitrogens is 3. The number of aryl methyl sites for hydroxylation is 1. The molecule has 1 unspecified atom stereocenters. The van der Waals surface area contributed by atoms with Crippen LogP contribution in [0.25, 0.3) is 10.8 Å². The lowest BCUT2D eigenvalue weighted by Gasteiger charge is -2.16. The molecule has 0 aliphatic carbocycles. The lowest BCUT2D eigenvalue weighted by Crippen LogP contribution is -2.18. The van der Waals surface area contributed by atoms with E-state index in [9.17, 15) is 0 Å². The Kier molecular flexibility index (Phi) is 3.01. The third kappa shape index (κ3) is 2.11. The molecule has 3 rings (SSSR count). The fraction of sp³-hybridized carbons (Fsp3) is 0.200. The summed E-state index contributed by atoms with van der Waals surface area (Å²) in [6, 6.07) is 8.34. The van der Waals surface area contributed by atoms with Crippen LogP contribution in [-0.2, 0) is 7.05 Å². The molecule has 2 heterocycles. The smallest absolute Gasteiger partial charge is 0.0947 e. The Bertz CT molecular complexity index is 697. The molecule has 4 heteroatoms. The minimum atomic E-state index is 0.0554. The molecule has 4 nitrogen and oxygen atoms in total. The molecule has 96 valence electrons. The molecule has 0 bridgehead atoms. The van der Waals surface area contributed by atoms with Gasteiger partial charge in [0.25, 0.3) is 0 Å². The molecule has 3 aromatic rings. The Labute approximate surface area is 112 Å². The molecule has 2 aromatic heterocycles. The molecule has 0 aliphatic rings. The quantitative estimate of drug-likeness (QED) is 0.777. The van der Waals surface area contributed by atoms with Gasteiger partial charge in [-0.25, -0.2) is 4.98 Å². The summed E-state index contributed by atoms with van der Waals surface area (Å²) in [7, 11) is 3.92. The minimum absolute atomic E-state index is 0.0554. The summed E-state index contributed by atoms with van der Waals surface area (Å²) in [5.74, 6) is 0. The van der Waals surface area contributed by atoms with Crippen LogP contribution in [0.15, 0.2) is 49.2 Å². The topological polar surface area (TPSA) is 42.7 Å². The maximum atomic E-state index is 4.44. The van der Waals surface area contributed by atoms with E-state index in [1.165, 1.54) is 5.39 Å². The highest BCUT2D eigenvalue weighted by atomic mass is 15.0. The molecule has 1 atom stereocenters. The molecule has 0 fully saturated rings. The van der Waals surface area contributed by atoms with Gasteiger partial charge in [-0.2, -0.15) is 0 Å². The number of fused-ring (bicyclic) bond motifs is 1. The normalized spacial score (nSPS) is 12.7. The maximum Gasteiger partial charge on any atom is 0.0947 e. The molecule has 0 saturated carbocycles. The van der Waals surface area contributed by atoms with Crippen molar-refractivity contribution in [2.45, 2.75) is 6.04 Å². The van der Waals surface area contributed by atoms with Crippen molar-refractivity contribution in [3.8, 4) is 0 Å². The standard InChI is InChI=1S/C15H16N4/c1-16-15(14-9-19(2)10-18-14)13-8-17-7-11-5-3-4-6-12(11)13/h3-10,15-16H,1-2H3. The van der Waals surface area contributed by atoms with Gasteiger partial charge in [-0.3, -0.25) is 4.98 Å². The van der Waals surface area contributed by atoms with Gasteiger partial charge < -0.3 is 9.88 Å². The zero-order chi connectivity index (χ0) is 13.2. The molecule has 19 heavy (non-hydrogen) atoms. The fourth-order valence-corrected chi connectivity index (χ4v) is 2.41. The van der Waals surface area contributed by atoms with Crippen molar-refractivity contribution in [2.24, 2.45) is 7.05 Å². The first-order valence-corrected chi connectivity index (χ1v) is 6.27. The van der Waals surface area contributed by atoms with E-state index >= 15 is 0 Å². The number of benzene rings is 1. The Hall–Kier alpha value is -2.20. The van der Waals surface area contributed by atoms with Crippen LogP contribution < -0.4 is 5.32 Å². The van der Waals surface area contributed by atoms with Crippen molar-refractivity contribution < 1.29 is 0 Å². The predicted octanol–water partition coefficient (Wildman–Crippen LogP) is 2.28. The summed E-state index contributed by atoms with van der Waals surface area (Å²) >= 11 is 0. The van der Waals surface area contributed by atoms with E-state index in [0.29, 0.717) is 0 Å². The number of nitrogens with one attached hydrogen (secondary N) is 1. The van der Waals surface area contributed by atoms with Crippen LogP contribution in [0.2, 0.25) is 0 Å². The average molecular weight is 252 g/mol. The highest BCUT2D eigenvalue weighted by Gasteiger charge is 2.17. The molecule has 1 N–H and O–H groups in total. The highest BCUT2D eigenvalue weighted by Crippen LogP contribution is 2.26. The number of pyridine rings is 1. The van der Waals surface area contributed by atoms with Gasteiger partial charge in [-0.1, -0.05) is 24.3 Å². The largest absolute Gasteiger partial charge is 0.340 e. The van der Waals surface area contributed by atoms with E-state index in [2.05, 4.69) is 33.5 Å². The predicted molar refractivity (Wildman–Crippen MR) is 75.9 cm³/mol. The third-order valence-electron chi connectivity index (χ3n) is 3.32. The first-order chi connectivity index (χ1) is 9.29. The zero-order valence-electron chi connectivity index (χ0n) is 11.0. The Morgan fingerprint density at radius 1 is 1.21 bits per heavy atom. The third-order valence-corrected chi connectivity index (χ3v) is 3.32. The molecule has 0 amide bonds. The SMILES string of the molecule is CNC(c1cn(C)cn1)c1cncc2ccccc12. The van der Waals surface area contributed by atoms with Gasteiger partial charge in [0.2, 0.25) is 0 Å². The second kappa shape index (κ2) is 4.82. The van der Waals surface area contributed by atoms with Crippen molar-refractivity contribution in [1.29, 1.82) is 0 Å². The summed E-state index contributed by atoms with van der Waals surface area (Å²) in [5.41, 5.74) is 2.16. The molecule has 0 radical (unpaired) electrons. The monoisotopic (exact) mass is 252 g/mol. The van der Waals surface area contributed by atoms with E-state index in [0.717, 1.165) is 16.6 Å². The Morgan fingerprint density at radius 2 is 2.05 bits per heavy atom. The van der Waals surface area contributed by atoms with Gasteiger partial charge >= 0.3 is 0 Å². The van der Waals surface area contributed by atoms with E-state index < -0.39 is 0 Å². The maximum absolute atomic E-state index is 4.44. The van der Waals surface area contributed by atoms with Crippen LogP contribution in [0.4, 0.5) is 0 Å². The summed E-state index contributed by atoms with van der Waals surface area (Å²) in [6.45, 7) is 0. The summed E-state index contributed by atoms with van der Waals surface area (Å²) in [6.07, 6.45) is 7.66. The molecular formula is C15H16N4. The van der Waals surface area contributed by atoms with Crippen molar-refractivity contribution >= 4 is 10.8 Å². The van der Waals surface area contributed by atoms with E-state index in [-0.39, 0.29) is 6.04 Å². The van der Waals surface area contributed by atoms with Gasteiger partial charge in [-0.15, -0.1) is 0 Å². The van der Waals surface area contributed by atoms with Crippen LogP contribution in [0.1, 0.15) is 17.3 Å². The van der Waals surface area contributed by atoms with E-state index in [1.807, 2.05) is 49.6 Å². The second-order valence-electron chi connectivity index (χ2n) is 4.64. The Balaban J connectivity index is 2.16. The van der Waals surface area contributed by atoms with Gasteiger partial charge in [-0.05, 0) is 12.4 Å². The molecule has 0 saturated heterocycles. The summed E-state index contributed by atoms with van der Waals surface area (Å²) in [5, 5.41) is 5.68. The fourth-order valence-electron chi connectivity index (χ4n) is 2.41. The first-order valence-electron chi connectivity index (χ1n) is 6.27. The van der Waals surface area contributed by atoms with E-state index in [1.54, 1.807) is 0 Å². The lowest BCUT2D eigenvalue weighted by molar-refractivity contribution is 0.676.